The number of nitrogens with one attached hydrogen (secondary N) is 1. The zero-order valence-electron chi connectivity index (χ0n) is 13.3. The third kappa shape index (κ3) is 3.47. The van der Waals surface area contributed by atoms with Gasteiger partial charge in [0.25, 0.3) is 11.6 Å². The van der Waals surface area contributed by atoms with Crippen LogP contribution in [0, 0.1) is 10.1 Å². The molecule has 0 unspecified atom stereocenters. The molecule has 7 nitrogen and oxygen atoms in total. The number of hydrogen-bond acceptors (Lipinski definition) is 4. The van der Waals surface area contributed by atoms with E-state index in [4.69, 9.17) is 11.6 Å². The van der Waals surface area contributed by atoms with Crippen molar-refractivity contribution in [2.24, 2.45) is 0 Å². The Morgan fingerprint density at radius 3 is 2.62 bits per heavy atom. The van der Waals surface area contributed by atoms with E-state index in [9.17, 15) is 19.7 Å². The van der Waals surface area contributed by atoms with Gasteiger partial charge >= 0.3 is 6.03 Å². The quantitative estimate of drug-likeness (QED) is 0.383. The molecule has 1 aliphatic heterocycles. The van der Waals surface area contributed by atoms with Crippen LogP contribution in [0.4, 0.5) is 16.2 Å². The topological polar surface area (TPSA) is 92.5 Å². The molecule has 0 aliphatic carbocycles. The number of allylic oxidation sites excluding steroid dienone is 2. The summed E-state index contributed by atoms with van der Waals surface area (Å²) >= 11 is 5.90. The molecule has 8 heteroatoms. The highest BCUT2D eigenvalue weighted by molar-refractivity contribution is 6.32. The van der Waals surface area contributed by atoms with Crippen LogP contribution in [0.2, 0.25) is 5.02 Å². The van der Waals surface area contributed by atoms with Crippen molar-refractivity contribution in [2.45, 2.75) is 0 Å². The van der Waals surface area contributed by atoms with Crippen LogP contribution in [0.15, 0.2) is 66.4 Å². The second kappa shape index (κ2) is 7.20. The van der Waals surface area contributed by atoms with Crippen LogP contribution in [0.5, 0.6) is 0 Å². The highest BCUT2D eigenvalue weighted by Crippen LogP contribution is 2.24. The molecule has 0 spiro atoms. The van der Waals surface area contributed by atoms with Gasteiger partial charge in [0.2, 0.25) is 0 Å². The van der Waals surface area contributed by atoms with Crippen molar-refractivity contribution >= 4 is 41.0 Å². The number of anilines is 1. The maximum Gasteiger partial charge on any atom is 0.333 e. The van der Waals surface area contributed by atoms with E-state index in [1.807, 2.05) is 0 Å². The Bertz CT molecular complexity index is 968. The predicted octanol–water partition coefficient (Wildman–Crippen LogP) is 3.90. The molecule has 1 fully saturated rings. The zero-order valence-corrected chi connectivity index (χ0v) is 14.0. The number of para-hydroxylation sites is 1. The fraction of sp³-hybridized carbons (Fsp3) is 0. The molecule has 26 heavy (non-hydrogen) atoms. The Balaban J connectivity index is 1.84. The summed E-state index contributed by atoms with van der Waals surface area (Å²) in [5, 5.41) is 13.9. The van der Waals surface area contributed by atoms with Crippen LogP contribution in [0.3, 0.4) is 0 Å². The summed E-state index contributed by atoms with van der Waals surface area (Å²) in [4.78, 5) is 36.0. The molecule has 0 radical (unpaired) electrons. The molecule has 3 amide bonds. The highest BCUT2D eigenvalue weighted by Gasteiger charge is 2.34. The van der Waals surface area contributed by atoms with Gasteiger partial charge in [0, 0.05) is 11.1 Å². The second-order valence-corrected chi connectivity index (χ2v) is 5.74. The van der Waals surface area contributed by atoms with E-state index in [0.29, 0.717) is 16.3 Å². The van der Waals surface area contributed by atoms with Gasteiger partial charge in [0.15, 0.2) is 0 Å². The van der Waals surface area contributed by atoms with Crippen molar-refractivity contribution in [3.05, 3.63) is 87.1 Å². The number of imide groups is 1. The van der Waals surface area contributed by atoms with Crippen molar-refractivity contribution in [1.82, 2.24) is 5.32 Å². The molecule has 1 heterocycles. The molecule has 0 bridgehead atoms. The first kappa shape index (κ1) is 17.4. The van der Waals surface area contributed by atoms with Crippen molar-refractivity contribution in [1.29, 1.82) is 0 Å². The summed E-state index contributed by atoms with van der Waals surface area (Å²) in [6.07, 6.45) is 4.35. The Kier molecular flexibility index (Phi) is 4.81. The average molecular weight is 370 g/mol. The third-order valence-electron chi connectivity index (χ3n) is 3.62. The lowest BCUT2D eigenvalue weighted by Gasteiger charge is -2.11. The van der Waals surface area contributed by atoms with E-state index < -0.39 is 16.9 Å². The molecular formula is C18H12ClN3O4. The van der Waals surface area contributed by atoms with Gasteiger partial charge in [-0.2, -0.15) is 0 Å². The number of urea groups is 1. The Morgan fingerprint density at radius 1 is 1.12 bits per heavy atom. The molecule has 2 aromatic rings. The number of halogens is 1. The summed E-state index contributed by atoms with van der Waals surface area (Å²) in [6, 6.07) is 12.0. The van der Waals surface area contributed by atoms with Gasteiger partial charge in [0.1, 0.15) is 5.70 Å². The van der Waals surface area contributed by atoms with Crippen LogP contribution in [0.1, 0.15) is 5.56 Å². The van der Waals surface area contributed by atoms with Crippen LogP contribution in [0.25, 0.3) is 6.08 Å². The van der Waals surface area contributed by atoms with Crippen molar-refractivity contribution in [2.75, 3.05) is 4.90 Å². The lowest BCUT2D eigenvalue weighted by Crippen LogP contribution is -2.30. The second-order valence-electron chi connectivity index (χ2n) is 5.31. The molecule has 0 saturated carbocycles. The Hall–Kier alpha value is -3.45. The molecular weight excluding hydrogens is 358 g/mol. The van der Waals surface area contributed by atoms with Crippen LogP contribution < -0.4 is 10.2 Å². The normalized spacial score (nSPS) is 15.7. The average Bonchev–Trinajstić information content (AvgIpc) is 2.89. The lowest BCUT2D eigenvalue weighted by molar-refractivity contribution is -0.385. The van der Waals surface area contributed by atoms with E-state index in [1.165, 1.54) is 30.4 Å². The molecule has 3 rings (SSSR count). The van der Waals surface area contributed by atoms with Gasteiger partial charge in [-0.15, -0.1) is 0 Å². The molecule has 2 aromatic carbocycles. The lowest BCUT2D eigenvalue weighted by atomic mass is 10.1. The van der Waals surface area contributed by atoms with E-state index in [2.05, 4.69) is 5.32 Å². The van der Waals surface area contributed by atoms with Crippen molar-refractivity contribution < 1.29 is 14.5 Å². The van der Waals surface area contributed by atoms with Crippen LogP contribution in [-0.2, 0) is 4.79 Å². The number of nitrogens with zero attached hydrogens (tertiary/aromatic N) is 2. The number of rotatable bonds is 4. The predicted molar refractivity (Wildman–Crippen MR) is 97.7 cm³/mol. The summed E-state index contributed by atoms with van der Waals surface area (Å²) in [7, 11) is 0. The van der Waals surface area contributed by atoms with Crippen molar-refractivity contribution in [3.63, 3.8) is 0 Å². The monoisotopic (exact) mass is 369 g/mol. The van der Waals surface area contributed by atoms with Gasteiger partial charge in [-0.1, -0.05) is 35.9 Å². The van der Waals surface area contributed by atoms with E-state index in [0.717, 1.165) is 4.90 Å². The van der Waals surface area contributed by atoms with E-state index in [-0.39, 0.29) is 11.4 Å². The minimum atomic E-state index is -0.595. The smallest absolute Gasteiger partial charge is 0.302 e. The largest absolute Gasteiger partial charge is 0.333 e. The summed E-state index contributed by atoms with van der Waals surface area (Å²) < 4.78 is 0. The first-order valence-electron chi connectivity index (χ1n) is 7.50. The number of nitro benzene ring substituents is 1. The number of nitro groups is 1. The SMILES string of the molecule is O=C1NC(=CC=Cc2ccccc2[N+](=O)[O-])C(=O)N1c1cccc(Cl)c1. The van der Waals surface area contributed by atoms with Crippen molar-refractivity contribution in [3.8, 4) is 0 Å². The Labute approximate surface area is 153 Å². The molecule has 130 valence electrons. The van der Waals surface area contributed by atoms with E-state index >= 15 is 0 Å². The fourth-order valence-electron chi connectivity index (χ4n) is 2.44. The number of carbonyl (C=O) groups is 2. The highest BCUT2D eigenvalue weighted by atomic mass is 35.5. The number of benzene rings is 2. The summed E-state index contributed by atoms with van der Waals surface area (Å²) in [5.74, 6) is -0.538. The van der Waals surface area contributed by atoms with Gasteiger partial charge in [-0.3, -0.25) is 14.9 Å². The third-order valence-corrected chi connectivity index (χ3v) is 3.85. The molecule has 0 atom stereocenters. The molecule has 1 aliphatic rings. The zero-order chi connectivity index (χ0) is 18.7. The van der Waals surface area contributed by atoms with Gasteiger partial charge in [0.05, 0.1) is 16.2 Å². The molecule has 1 saturated heterocycles. The maximum atomic E-state index is 12.4. The minimum absolute atomic E-state index is 0.0514. The fourth-order valence-corrected chi connectivity index (χ4v) is 2.63. The van der Waals surface area contributed by atoms with Gasteiger partial charge in [-0.05, 0) is 36.4 Å². The molecule has 0 aromatic heterocycles. The summed E-state index contributed by atoms with van der Waals surface area (Å²) in [5.41, 5.74) is 0.748. The summed E-state index contributed by atoms with van der Waals surface area (Å²) in [6.45, 7) is 0. The number of amides is 3. The first-order chi connectivity index (χ1) is 12.5. The first-order valence-corrected chi connectivity index (χ1v) is 7.88. The number of carbonyl (C=O) groups excluding carboxylic acids is 2. The van der Waals surface area contributed by atoms with Crippen LogP contribution >= 0.6 is 11.6 Å². The number of hydrogen-bond donors (Lipinski definition) is 1. The van der Waals surface area contributed by atoms with E-state index in [1.54, 1.807) is 36.4 Å². The van der Waals surface area contributed by atoms with Gasteiger partial charge in [-0.25, -0.2) is 9.69 Å². The van der Waals surface area contributed by atoms with Gasteiger partial charge < -0.3 is 5.32 Å². The Morgan fingerprint density at radius 2 is 1.88 bits per heavy atom. The minimum Gasteiger partial charge on any atom is -0.302 e. The molecule has 1 N–H and O–H groups in total. The van der Waals surface area contributed by atoms with Crippen LogP contribution in [-0.4, -0.2) is 16.9 Å². The standard InChI is InChI=1S/C18H12ClN3O4/c19-13-7-4-8-14(11-13)21-17(23)15(20-18(21)24)9-3-6-12-5-1-2-10-16(12)22(25)26/h1-11H,(H,20,24). The maximum absolute atomic E-state index is 12.4.